The van der Waals surface area contributed by atoms with Crippen molar-refractivity contribution in [3.8, 4) is 5.75 Å². The molecular weight excluding hydrogens is 270 g/mol. The summed E-state index contributed by atoms with van der Waals surface area (Å²) in [5, 5.41) is 8.85. The van der Waals surface area contributed by atoms with E-state index in [1.54, 1.807) is 0 Å². The van der Waals surface area contributed by atoms with E-state index in [4.69, 9.17) is 14.6 Å². The van der Waals surface area contributed by atoms with Gasteiger partial charge in [0.25, 0.3) is 0 Å². The van der Waals surface area contributed by atoms with Crippen LogP contribution < -0.4 is 4.74 Å². The quantitative estimate of drug-likeness (QED) is 0.834. The van der Waals surface area contributed by atoms with Crippen LogP contribution in [0, 0.1) is 0 Å². The van der Waals surface area contributed by atoms with E-state index >= 15 is 0 Å². The van der Waals surface area contributed by atoms with E-state index in [-0.39, 0.29) is 12.5 Å². The first-order valence-corrected chi connectivity index (χ1v) is 7.45. The van der Waals surface area contributed by atoms with Crippen LogP contribution in [0.4, 0.5) is 0 Å². The monoisotopic (exact) mass is 293 g/mol. The zero-order valence-electron chi connectivity index (χ0n) is 12.5. The SMILES string of the molecule is CCCOc1cccc(CN2CCOC(CC(=O)O)C2)c1. The average Bonchev–Trinajstić information content (AvgIpc) is 2.45. The molecule has 1 atom stereocenters. The molecule has 1 saturated heterocycles. The highest BCUT2D eigenvalue weighted by atomic mass is 16.5. The van der Waals surface area contributed by atoms with E-state index in [1.807, 2.05) is 12.1 Å². The van der Waals surface area contributed by atoms with Crippen molar-refractivity contribution >= 4 is 5.97 Å². The number of hydrogen-bond acceptors (Lipinski definition) is 4. The van der Waals surface area contributed by atoms with Crippen LogP contribution in [0.15, 0.2) is 24.3 Å². The number of benzene rings is 1. The van der Waals surface area contributed by atoms with Crippen LogP contribution in [0.3, 0.4) is 0 Å². The van der Waals surface area contributed by atoms with Gasteiger partial charge in [0.15, 0.2) is 0 Å². The van der Waals surface area contributed by atoms with Gasteiger partial charge >= 0.3 is 5.97 Å². The van der Waals surface area contributed by atoms with E-state index in [2.05, 4.69) is 24.0 Å². The van der Waals surface area contributed by atoms with Crippen LogP contribution in [0.25, 0.3) is 0 Å². The maximum absolute atomic E-state index is 10.8. The fraction of sp³-hybridized carbons (Fsp3) is 0.562. The first kappa shape index (κ1) is 15.8. The Balaban J connectivity index is 1.89. The Hall–Kier alpha value is -1.59. The largest absolute Gasteiger partial charge is 0.494 e. The van der Waals surface area contributed by atoms with Crippen molar-refractivity contribution in [3.63, 3.8) is 0 Å². The van der Waals surface area contributed by atoms with E-state index in [0.29, 0.717) is 13.2 Å². The first-order chi connectivity index (χ1) is 10.2. The van der Waals surface area contributed by atoms with E-state index < -0.39 is 5.97 Å². The smallest absolute Gasteiger partial charge is 0.306 e. The number of morpholine rings is 1. The van der Waals surface area contributed by atoms with Crippen LogP contribution in [0.1, 0.15) is 25.3 Å². The minimum atomic E-state index is -0.809. The van der Waals surface area contributed by atoms with Crippen LogP contribution in [-0.4, -0.2) is 48.4 Å². The summed E-state index contributed by atoms with van der Waals surface area (Å²) in [6.07, 6.45) is 0.844. The molecule has 1 aliphatic rings. The minimum Gasteiger partial charge on any atom is -0.494 e. The Bertz CT molecular complexity index is 463. The lowest BCUT2D eigenvalue weighted by molar-refractivity contribution is -0.142. The maximum atomic E-state index is 10.8. The highest BCUT2D eigenvalue weighted by molar-refractivity contribution is 5.67. The average molecular weight is 293 g/mol. The van der Waals surface area contributed by atoms with E-state index in [0.717, 1.165) is 31.9 Å². The van der Waals surface area contributed by atoms with Crippen molar-refractivity contribution in [3.05, 3.63) is 29.8 Å². The van der Waals surface area contributed by atoms with Gasteiger partial charge in [-0.3, -0.25) is 9.69 Å². The van der Waals surface area contributed by atoms with Crippen molar-refractivity contribution in [2.75, 3.05) is 26.3 Å². The van der Waals surface area contributed by atoms with Crippen molar-refractivity contribution in [1.82, 2.24) is 4.90 Å². The topological polar surface area (TPSA) is 59.0 Å². The summed E-state index contributed by atoms with van der Waals surface area (Å²) in [7, 11) is 0. The predicted octanol–water partition coefficient (Wildman–Crippen LogP) is 2.15. The Morgan fingerprint density at radius 2 is 2.38 bits per heavy atom. The van der Waals surface area contributed by atoms with Gasteiger partial charge in [-0.15, -0.1) is 0 Å². The lowest BCUT2D eigenvalue weighted by Crippen LogP contribution is -2.42. The molecule has 0 aromatic heterocycles. The molecule has 21 heavy (non-hydrogen) atoms. The molecule has 116 valence electrons. The summed E-state index contributed by atoms with van der Waals surface area (Å²) >= 11 is 0. The summed E-state index contributed by atoms with van der Waals surface area (Å²) in [4.78, 5) is 13.0. The molecule has 5 nitrogen and oxygen atoms in total. The van der Waals surface area contributed by atoms with Crippen LogP contribution in [0.5, 0.6) is 5.75 Å². The third kappa shape index (κ3) is 5.36. The summed E-state index contributed by atoms with van der Waals surface area (Å²) in [6, 6.07) is 8.08. The fourth-order valence-electron chi connectivity index (χ4n) is 2.45. The molecule has 0 spiro atoms. The molecule has 0 amide bonds. The normalized spacial score (nSPS) is 19.4. The van der Waals surface area contributed by atoms with Crippen molar-refractivity contribution in [2.24, 2.45) is 0 Å². The lowest BCUT2D eigenvalue weighted by atomic mass is 10.1. The van der Waals surface area contributed by atoms with Crippen molar-refractivity contribution in [2.45, 2.75) is 32.4 Å². The standard InChI is InChI=1S/C16H23NO4/c1-2-7-20-14-5-3-4-13(9-14)11-17-6-8-21-15(12-17)10-16(18)19/h3-5,9,15H,2,6-8,10-12H2,1H3,(H,18,19). The second-order valence-electron chi connectivity index (χ2n) is 5.32. The summed E-state index contributed by atoms with van der Waals surface area (Å²) in [5.74, 6) is 0.0847. The van der Waals surface area contributed by atoms with Gasteiger partial charge in [0.2, 0.25) is 0 Å². The molecule has 1 aliphatic heterocycles. The third-order valence-corrected chi connectivity index (χ3v) is 3.40. The Morgan fingerprint density at radius 1 is 1.52 bits per heavy atom. The van der Waals surface area contributed by atoms with Crippen LogP contribution >= 0.6 is 0 Å². The predicted molar refractivity (Wildman–Crippen MR) is 79.5 cm³/mol. The number of aliphatic carboxylic acids is 1. The molecule has 5 heteroatoms. The van der Waals surface area contributed by atoms with Crippen LogP contribution in [0.2, 0.25) is 0 Å². The van der Waals surface area contributed by atoms with E-state index in [9.17, 15) is 4.79 Å². The zero-order valence-corrected chi connectivity index (χ0v) is 12.5. The third-order valence-electron chi connectivity index (χ3n) is 3.40. The van der Waals surface area contributed by atoms with Gasteiger partial charge in [-0.2, -0.15) is 0 Å². The molecule has 0 saturated carbocycles. The number of ether oxygens (including phenoxy) is 2. The van der Waals surface area contributed by atoms with Gasteiger partial charge in [-0.05, 0) is 24.1 Å². The van der Waals surface area contributed by atoms with Gasteiger partial charge in [-0.25, -0.2) is 0 Å². The molecular formula is C16H23NO4. The Morgan fingerprint density at radius 3 is 3.14 bits per heavy atom. The number of carboxylic acids is 1. The molecule has 2 rings (SSSR count). The van der Waals surface area contributed by atoms with Gasteiger partial charge in [0.1, 0.15) is 5.75 Å². The summed E-state index contributed by atoms with van der Waals surface area (Å²) < 4.78 is 11.1. The number of nitrogens with zero attached hydrogens (tertiary/aromatic N) is 1. The molecule has 0 radical (unpaired) electrons. The Labute approximate surface area is 125 Å². The molecule has 1 aromatic rings. The highest BCUT2D eigenvalue weighted by Crippen LogP contribution is 2.17. The molecule has 1 unspecified atom stereocenters. The maximum Gasteiger partial charge on any atom is 0.306 e. The van der Waals surface area contributed by atoms with Gasteiger partial charge in [-0.1, -0.05) is 19.1 Å². The molecule has 1 heterocycles. The number of carbonyl (C=O) groups is 1. The van der Waals surface area contributed by atoms with Crippen molar-refractivity contribution < 1.29 is 19.4 Å². The molecule has 0 bridgehead atoms. The minimum absolute atomic E-state index is 0.0656. The number of rotatable bonds is 7. The van der Waals surface area contributed by atoms with Gasteiger partial charge in [0.05, 0.1) is 25.7 Å². The first-order valence-electron chi connectivity index (χ1n) is 7.45. The summed E-state index contributed by atoms with van der Waals surface area (Å²) in [6.45, 7) is 5.68. The molecule has 1 fully saturated rings. The number of carboxylic acid groups (broad SMARTS) is 1. The highest BCUT2D eigenvalue weighted by Gasteiger charge is 2.22. The molecule has 1 aromatic carbocycles. The molecule has 1 N–H and O–H groups in total. The van der Waals surface area contributed by atoms with Gasteiger partial charge in [0, 0.05) is 19.6 Å². The van der Waals surface area contributed by atoms with Gasteiger partial charge < -0.3 is 14.6 Å². The Kier molecular flexibility index (Phi) is 6.02. The molecule has 0 aliphatic carbocycles. The van der Waals surface area contributed by atoms with E-state index in [1.165, 1.54) is 5.56 Å². The number of hydrogen-bond donors (Lipinski definition) is 1. The van der Waals surface area contributed by atoms with Crippen molar-refractivity contribution in [1.29, 1.82) is 0 Å². The second kappa shape index (κ2) is 8.00. The lowest BCUT2D eigenvalue weighted by Gasteiger charge is -2.32. The van der Waals surface area contributed by atoms with Crippen LogP contribution in [-0.2, 0) is 16.1 Å². The zero-order chi connectivity index (χ0) is 15.1. The fourth-order valence-corrected chi connectivity index (χ4v) is 2.45. The second-order valence-corrected chi connectivity index (χ2v) is 5.32. The summed E-state index contributed by atoms with van der Waals surface area (Å²) in [5.41, 5.74) is 1.18.